The predicted molar refractivity (Wildman–Crippen MR) is 225 cm³/mol. The van der Waals surface area contributed by atoms with E-state index < -0.39 is 0 Å². The van der Waals surface area contributed by atoms with Crippen LogP contribution in [0.4, 0.5) is 34.1 Å². The van der Waals surface area contributed by atoms with Crippen LogP contribution in [0.1, 0.15) is 25.0 Å². The minimum Gasteiger partial charge on any atom is -0.455 e. The van der Waals surface area contributed by atoms with Gasteiger partial charge in [0.2, 0.25) is 0 Å². The van der Waals surface area contributed by atoms with Crippen LogP contribution in [0, 0.1) is 0 Å². The molecule has 0 atom stereocenters. The van der Waals surface area contributed by atoms with Crippen LogP contribution >= 0.6 is 0 Å². The van der Waals surface area contributed by atoms with Crippen molar-refractivity contribution in [1.29, 1.82) is 0 Å². The third-order valence-corrected chi connectivity index (χ3v) is 10.5. The molecule has 0 aliphatic carbocycles. The highest BCUT2D eigenvalue weighted by atomic mass is 16.5. The molecule has 260 valence electrons. The molecule has 54 heavy (non-hydrogen) atoms. The lowest BCUT2D eigenvalue weighted by Gasteiger charge is -2.36. The van der Waals surface area contributed by atoms with Crippen molar-refractivity contribution in [2.75, 3.05) is 9.80 Å². The molecule has 0 saturated carbocycles. The standard InChI is InChI=1S/C51H40N2O/c1-51(2)47-27-15-25-45(37-29-33-43(34-30-37)52(39-17-7-3-8-18-39)40-19-9-4-10-20-40)49(47)54-50-46(26-16-28-48(50)51)38-31-35-44(36-32-38)53(41-21-11-5-12-22-41)42-23-13-6-14-24-42/h3-36H,1-2H3. The van der Waals surface area contributed by atoms with Gasteiger partial charge in [-0.15, -0.1) is 0 Å². The molecule has 0 radical (unpaired) electrons. The van der Waals surface area contributed by atoms with E-state index in [0.717, 1.165) is 67.9 Å². The Morgan fingerprint density at radius 3 is 0.926 bits per heavy atom. The fourth-order valence-electron chi connectivity index (χ4n) is 7.76. The second-order valence-electron chi connectivity index (χ2n) is 14.2. The van der Waals surface area contributed by atoms with E-state index in [0.29, 0.717) is 0 Å². The Morgan fingerprint density at radius 2 is 0.611 bits per heavy atom. The average molecular weight is 697 g/mol. The monoisotopic (exact) mass is 696 g/mol. The van der Waals surface area contributed by atoms with Crippen molar-refractivity contribution in [2.45, 2.75) is 19.3 Å². The molecule has 0 unspecified atom stereocenters. The number of ether oxygens (including phenoxy) is 1. The highest BCUT2D eigenvalue weighted by Gasteiger charge is 2.37. The van der Waals surface area contributed by atoms with Crippen molar-refractivity contribution in [3.05, 3.63) is 217 Å². The summed E-state index contributed by atoms with van der Waals surface area (Å²) in [6.45, 7) is 4.62. The molecule has 0 saturated heterocycles. The van der Waals surface area contributed by atoms with E-state index in [1.807, 2.05) is 0 Å². The fraction of sp³-hybridized carbons (Fsp3) is 0.0588. The first-order valence-corrected chi connectivity index (χ1v) is 18.5. The maximum Gasteiger partial charge on any atom is 0.139 e. The van der Waals surface area contributed by atoms with Crippen molar-refractivity contribution < 1.29 is 4.74 Å². The third kappa shape index (κ3) is 6.00. The van der Waals surface area contributed by atoms with E-state index in [1.54, 1.807) is 0 Å². The summed E-state index contributed by atoms with van der Waals surface area (Å²) in [7, 11) is 0. The molecule has 0 N–H and O–H groups in total. The van der Waals surface area contributed by atoms with Gasteiger partial charge in [-0.3, -0.25) is 0 Å². The van der Waals surface area contributed by atoms with E-state index in [-0.39, 0.29) is 5.41 Å². The summed E-state index contributed by atoms with van der Waals surface area (Å²) < 4.78 is 7.10. The summed E-state index contributed by atoms with van der Waals surface area (Å²) >= 11 is 0. The molecule has 3 nitrogen and oxygen atoms in total. The van der Waals surface area contributed by atoms with Crippen molar-refractivity contribution in [1.82, 2.24) is 0 Å². The first-order chi connectivity index (χ1) is 26.6. The van der Waals surface area contributed by atoms with Gasteiger partial charge in [0.25, 0.3) is 0 Å². The molecule has 0 aromatic heterocycles. The lowest BCUT2D eigenvalue weighted by atomic mass is 9.74. The van der Waals surface area contributed by atoms with E-state index in [1.165, 1.54) is 11.1 Å². The van der Waals surface area contributed by atoms with Gasteiger partial charge in [-0.25, -0.2) is 0 Å². The Labute approximate surface area is 318 Å². The fourth-order valence-corrected chi connectivity index (χ4v) is 7.76. The zero-order valence-electron chi connectivity index (χ0n) is 30.4. The summed E-state index contributed by atoms with van der Waals surface area (Å²) in [4.78, 5) is 4.58. The number of hydrogen-bond acceptors (Lipinski definition) is 3. The van der Waals surface area contributed by atoms with Crippen LogP contribution in [0.2, 0.25) is 0 Å². The quantitative estimate of drug-likeness (QED) is 0.157. The molecule has 8 aromatic carbocycles. The number of hydrogen-bond donors (Lipinski definition) is 0. The summed E-state index contributed by atoms with van der Waals surface area (Å²) in [5.41, 5.74) is 13.1. The lowest BCUT2D eigenvalue weighted by molar-refractivity contribution is 0.421. The Kier molecular flexibility index (Phi) is 8.53. The van der Waals surface area contributed by atoms with Gasteiger partial charge in [0.1, 0.15) is 11.5 Å². The Hall–Kier alpha value is -6.84. The second kappa shape index (κ2) is 13.9. The van der Waals surface area contributed by atoms with Crippen LogP contribution in [0.25, 0.3) is 22.3 Å². The molecule has 1 aliphatic rings. The Bertz CT molecular complexity index is 2260. The van der Waals surface area contributed by atoms with Crippen LogP contribution in [-0.4, -0.2) is 0 Å². The number of rotatable bonds is 8. The van der Waals surface area contributed by atoms with Crippen LogP contribution in [-0.2, 0) is 5.41 Å². The minimum atomic E-state index is -0.274. The van der Waals surface area contributed by atoms with Gasteiger partial charge in [0.05, 0.1) is 0 Å². The topological polar surface area (TPSA) is 15.7 Å². The van der Waals surface area contributed by atoms with Crippen LogP contribution < -0.4 is 14.5 Å². The van der Waals surface area contributed by atoms with Gasteiger partial charge >= 0.3 is 0 Å². The number of nitrogens with zero attached hydrogens (tertiary/aromatic N) is 2. The van der Waals surface area contributed by atoms with Gasteiger partial charge in [0.15, 0.2) is 0 Å². The highest BCUT2D eigenvalue weighted by Crippen LogP contribution is 2.54. The predicted octanol–water partition coefficient (Wildman–Crippen LogP) is 14.4. The van der Waals surface area contributed by atoms with E-state index in [2.05, 4.69) is 230 Å². The smallest absolute Gasteiger partial charge is 0.139 e. The largest absolute Gasteiger partial charge is 0.455 e. The van der Waals surface area contributed by atoms with Gasteiger partial charge in [-0.1, -0.05) is 147 Å². The van der Waals surface area contributed by atoms with E-state index in [4.69, 9.17) is 4.74 Å². The summed E-state index contributed by atoms with van der Waals surface area (Å²) in [6.07, 6.45) is 0. The highest BCUT2D eigenvalue weighted by molar-refractivity contribution is 5.84. The molecule has 1 heterocycles. The minimum absolute atomic E-state index is 0.274. The zero-order chi connectivity index (χ0) is 36.5. The number of anilines is 6. The first-order valence-electron chi connectivity index (χ1n) is 18.5. The van der Waals surface area contributed by atoms with E-state index in [9.17, 15) is 0 Å². The van der Waals surface area contributed by atoms with E-state index >= 15 is 0 Å². The Morgan fingerprint density at radius 1 is 0.315 bits per heavy atom. The molecule has 0 amide bonds. The average Bonchev–Trinajstić information content (AvgIpc) is 3.23. The molecule has 0 fully saturated rings. The molecule has 0 bridgehead atoms. The molecule has 0 spiro atoms. The zero-order valence-corrected chi connectivity index (χ0v) is 30.4. The molecular weight excluding hydrogens is 657 g/mol. The molecular formula is C51H40N2O. The SMILES string of the molecule is CC1(C)c2cccc(-c3ccc(N(c4ccccc4)c4ccccc4)cc3)c2Oc2c(-c3ccc(N(c4ccccc4)c4ccccc4)cc3)cccc21. The van der Waals surface area contributed by atoms with Crippen molar-refractivity contribution in [3.63, 3.8) is 0 Å². The van der Waals surface area contributed by atoms with Crippen molar-refractivity contribution in [2.24, 2.45) is 0 Å². The molecule has 3 heteroatoms. The summed E-state index contributed by atoms with van der Waals surface area (Å²) in [5, 5.41) is 0. The van der Waals surface area contributed by atoms with Crippen LogP contribution in [0.5, 0.6) is 11.5 Å². The van der Waals surface area contributed by atoms with Gasteiger partial charge < -0.3 is 14.5 Å². The number of benzene rings is 8. The first kappa shape index (κ1) is 33.0. The summed E-state index contributed by atoms with van der Waals surface area (Å²) in [5.74, 6) is 1.82. The maximum absolute atomic E-state index is 7.10. The third-order valence-electron chi connectivity index (χ3n) is 10.5. The van der Waals surface area contributed by atoms with Gasteiger partial charge in [-0.2, -0.15) is 0 Å². The van der Waals surface area contributed by atoms with Crippen LogP contribution in [0.3, 0.4) is 0 Å². The number of fused-ring (bicyclic) bond motifs is 2. The summed E-state index contributed by atoms with van der Waals surface area (Å²) in [6, 6.07) is 72.9. The van der Waals surface area contributed by atoms with Gasteiger partial charge in [-0.05, 0) is 83.9 Å². The van der Waals surface area contributed by atoms with Crippen molar-refractivity contribution >= 4 is 34.1 Å². The number of para-hydroxylation sites is 6. The van der Waals surface area contributed by atoms with Gasteiger partial charge in [0, 0.05) is 61.8 Å². The van der Waals surface area contributed by atoms with Crippen molar-refractivity contribution in [3.8, 4) is 33.8 Å². The lowest BCUT2D eigenvalue weighted by Crippen LogP contribution is -2.25. The maximum atomic E-state index is 7.10. The van der Waals surface area contributed by atoms with Crippen LogP contribution in [0.15, 0.2) is 206 Å². The molecule has 8 aromatic rings. The Balaban J connectivity index is 1.08. The molecule has 9 rings (SSSR count). The second-order valence-corrected chi connectivity index (χ2v) is 14.2. The molecule has 1 aliphatic heterocycles. The normalized spacial score (nSPS) is 12.6.